The molecular weight excluding hydrogens is 148 g/mol. The van der Waals surface area contributed by atoms with E-state index >= 15 is 0 Å². The van der Waals surface area contributed by atoms with Gasteiger partial charge in [-0.3, -0.25) is 0 Å². The molecule has 1 aliphatic carbocycles. The molecule has 0 aromatic heterocycles. The minimum atomic E-state index is 0.116. The molecule has 0 saturated heterocycles. The topological polar surface area (TPSA) is 0 Å². The van der Waals surface area contributed by atoms with Crippen LogP contribution >= 0.6 is 0 Å². The van der Waals surface area contributed by atoms with Crippen LogP contribution in [0.1, 0.15) is 27.7 Å². The van der Waals surface area contributed by atoms with Gasteiger partial charge in [-0.2, -0.15) is 0 Å². The number of hydrogen-bond donors (Lipinski definition) is 0. The molecule has 1 aliphatic rings. The average molecular weight is 166 g/mol. The maximum atomic E-state index is 2.41. The van der Waals surface area contributed by atoms with Crippen LogP contribution in [0, 0.1) is 0 Å². The minimum Gasteiger partial charge on any atom is -0.0740 e. The van der Waals surface area contributed by atoms with E-state index in [4.69, 9.17) is 0 Å². The van der Waals surface area contributed by atoms with E-state index in [0.717, 1.165) is 5.54 Å². The third kappa shape index (κ3) is 1.22. The number of rotatable bonds is 1. The van der Waals surface area contributed by atoms with Crippen LogP contribution in [-0.4, -0.2) is 9.52 Å². The number of allylic oxidation sites excluding steroid dienone is 4. The first-order chi connectivity index (χ1) is 5.09. The first-order valence-electron chi connectivity index (χ1n) is 4.44. The smallest absolute Gasteiger partial charge is 0.0303 e. The lowest BCUT2D eigenvalue weighted by atomic mass is 10.1. The van der Waals surface area contributed by atoms with E-state index in [9.17, 15) is 0 Å². The average Bonchev–Trinajstić information content (AvgIpc) is 2.17. The van der Waals surface area contributed by atoms with Crippen LogP contribution < -0.4 is 0 Å². The van der Waals surface area contributed by atoms with E-state index in [1.165, 1.54) is 0 Å². The van der Waals surface area contributed by atoms with Gasteiger partial charge in [0, 0.05) is 9.52 Å². The molecule has 0 aromatic rings. The quantitative estimate of drug-likeness (QED) is 0.525. The molecule has 62 valence electrons. The van der Waals surface area contributed by atoms with Crippen molar-refractivity contribution in [2.45, 2.75) is 39.8 Å². The second-order valence-corrected chi connectivity index (χ2v) is 5.21. The van der Waals surface area contributed by atoms with Gasteiger partial charge >= 0.3 is 0 Å². The molecule has 0 unspecified atom stereocenters. The van der Waals surface area contributed by atoms with Gasteiger partial charge in [0.05, 0.1) is 0 Å². The van der Waals surface area contributed by atoms with Gasteiger partial charge in [0.25, 0.3) is 0 Å². The molecule has 0 saturated carbocycles. The van der Waals surface area contributed by atoms with Crippen LogP contribution in [0.3, 0.4) is 0 Å². The molecule has 0 spiro atoms. The van der Waals surface area contributed by atoms with Crippen molar-refractivity contribution in [1.82, 2.24) is 0 Å². The molecule has 0 atom stereocenters. The summed E-state index contributed by atoms with van der Waals surface area (Å²) in [6.07, 6.45) is 0. The van der Waals surface area contributed by atoms with E-state index in [2.05, 4.69) is 34.2 Å². The Morgan fingerprint density at radius 3 is 1.45 bits per heavy atom. The molecule has 0 N–H and O–H groups in total. The van der Waals surface area contributed by atoms with Gasteiger partial charge in [0.15, 0.2) is 0 Å². The Morgan fingerprint density at radius 2 is 1.27 bits per heavy atom. The van der Waals surface area contributed by atoms with Gasteiger partial charge in [-0.1, -0.05) is 17.7 Å². The Morgan fingerprint density at radius 1 is 0.909 bits per heavy atom. The van der Waals surface area contributed by atoms with Crippen LogP contribution in [0.4, 0.5) is 0 Å². The fourth-order valence-corrected chi connectivity index (χ4v) is 3.89. The van der Waals surface area contributed by atoms with Crippen molar-refractivity contribution < 1.29 is 0 Å². The molecule has 0 radical (unpaired) electrons. The van der Waals surface area contributed by atoms with Gasteiger partial charge < -0.3 is 0 Å². The largest absolute Gasteiger partial charge is 0.0740 e. The second kappa shape index (κ2) is 2.98. The normalized spacial score (nSPS) is 21.5. The summed E-state index contributed by atoms with van der Waals surface area (Å²) >= 11 is 0. The third-order valence-corrected chi connectivity index (χ3v) is 5.24. The lowest BCUT2D eigenvalue weighted by Gasteiger charge is -2.10. The lowest BCUT2D eigenvalue weighted by molar-refractivity contribution is 1.11. The van der Waals surface area contributed by atoms with Crippen molar-refractivity contribution in [2.24, 2.45) is 0 Å². The van der Waals surface area contributed by atoms with Gasteiger partial charge in [-0.25, -0.2) is 0 Å². The lowest BCUT2D eigenvalue weighted by Crippen LogP contribution is -1.99. The maximum absolute atomic E-state index is 2.41. The van der Waals surface area contributed by atoms with Crippen molar-refractivity contribution in [2.75, 3.05) is 0 Å². The molecule has 1 rings (SSSR count). The molecule has 0 aliphatic heterocycles. The second-order valence-electron chi connectivity index (χ2n) is 3.58. The van der Waals surface area contributed by atoms with Crippen molar-refractivity contribution in [3.63, 3.8) is 0 Å². The van der Waals surface area contributed by atoms with Crippen LogP contribution in [0.5, 0.6) is 0 Å². The molecular formula is C10H18Si. The van der Waals surface area contributed by atoms with Gasteiger partial charge in [0.2, 0.25) is 0 Å². The minimum absolute atomic E-state index is 0.116. The summed E-state index contributed by atoms with van der Waals surface area (Å²) in [5.41, 5.74) is 7.29. The van der Waals surface area contributed by atoms with Crippen LogP contribution in [-0.2, 0) is 0 Å². The fourth-order valence-electron chi connectivity index (χ4n) is 2.05. The van der Waals surface area contributed by atoms with Crippen LogP contribution in [0.25, 0.3) is 0 Å². The summed E-state index contributed by atoms with van der Waals surface area (Å²) in [5.74, 6) is 0. The zero-order valence-electron chi connectivity index (χ0n) is 8.28. The predicted molar refractivity (Wildman–Crippen MR) is 54.9 cm³/mol. The monoisotopic (exact) mass is 166 g/mol. The summed E-state index contributed by atoms with van der Waals surface area (Å²) in [6, 6.07) is 0. The predicted octanol–water partition coefficient (Wildman–Crippen LogP) is 2.68. The Hall–Kier alpha value is -0.303. The highest BCUT2D eigenvalue weighted by Gasteiger charge is 2.21. The molecule has 1 heteroatoms. The summed E-state index contributed by atoms with van der Waals surface area (Å²) < 4.78 is 0. The van der Waals surface area contributed by atoms with Crippen molar-refractivity contribution >= 4 is 9.52 Å². The van der Waals surface area contributed by atoms with E-state index in [1.807, 2.05) is 0 Å². The Bertz CT molecular complexity index is 209. The summed E-state index contributed by atoms with van der Waals surface area (Å²) in [6.45, 7) is 11.5. The molecule has 0 fully saturated rings. The van der Waals surface area contributed by atoms with Gasteiger partial charge in [-0.05, 0) is 44.4 Å². The Labute approximate surface area is 72.2 Å². The standard InChI is InChI=1S/C10H18Si/c1-6-7(2)9(4)10(11-5)8(6)3/h10H,11H2,1-5H3. The van der Waals surface area contributed by atoms with Crippen LogP contribution in [0.2, 0.25) is 12.1 Å². The summed E-state index contributed by atoms with van der Waals surface area (Å²) in [4.78, 5) is 0. The highest BCUT2D eigenvalue weighted by molar-refractivity contribution is 6.38. The first kappa shape index (κ1) is 8.79. The highest BCUT2D eigenvalue weighted by atomic mass is 28.2. The summed E-state index contributed by atoms with van der Waals surface area (Å²) in [5, 5.41) is 0. The molecule has 0 bridgehead atoms. The van der Waals surface area contributed by atoms with Crippen molar-refractivity contribution in [3.05, 3.63) is 22.3 Å². The zero-order chi connectivity index (χ0) is 8.59. The SMILES string of the molecule is C[SiH2]C1C(C)=C(C)C(C)=C1C. The Kier molecular flexibility index (Phi) is 2.38. The Balaban J connectivity index is 3.04. The number of hydrogen-bond acceptors (Lipinski definition) is 0. The van der Waals surface area contributed by atoms with E-state index in [1.54, 1.807) is 22.3 Å². The van der Waals surface area contributed by atoms with E-state index < -0.39 is 0 Å². The molecule has 0 amide bonds. The van der Waals surface area contributed by atoms with E-state index in [-0.39, 0.29) is 9.52 Å². The van der Waals surface area contributed by atoms with Crippen molar-refractivity contribution in [3.8, 4) is 0 Å². The molecule has 11 heavy (non-hydrogen) atoms. The third-order valence-electron chi connectivity index (χ3n) is 3.20. The highest BCUT2D eigenvalue weighted by Crippen LogP contribution is 2.39. The summed E-state index contributed by atoms with van der Waals surface area (Å²) in [7, 11) is 0.116. The first-order valence-corrected chi connectivity index (χ1v) is 6.67. The molecule has 0 heterocycles. The van der Waals surface area contributed by atoms with Crippen molar-refractivity contribution in [1.29, 1.82) is 0 Å². The van der Waals surface area contributed by atoms with E-state index in [0.29, 0.717) is 0 Å². The molecule has 0 nitrogen and oxygen atoms in total. The molecule has 0 aromatic carbocycles. The maximum Gasteiger partial charge on any atom is 0.0303 e. The van der Waals surface area contributed by atoms with Crippen LogP contribution in [0.15, 0.2) is 22.3 Å². The van der Waals surface area contributed by atoms with Gasteiger partial charge in [-0.15, -0.1) is 0 Å². The van der Waals surface area contributed by atoms with Gasteiger partial charge in [0.1, 0.15) is 0 Å². The zero-order valence-corrected chi connectivity index (χ0v) is 9.70. The fraction of sp³-hybridized carbons (Fsp3) is 0.600.